The first-order valence-electron chi connectivity index (χ1n) is 3.28. The summed E-state index contributed by atoms with van der Waals surface area (Å²) in [6, 6.07) is -0.279. The number of carbonyl (C=O) groups excluding carboxylic acids is 1. The fraction of sp³-hybridized carbons (Fsp3) is 0.286. The van der Waals surface area contributed by atoms with Crippen LogP contribution in [-0.4, -0.2) is 21.5 Å². The lowest BCUT2D eigenvalue weighted by molar-refractivity contribution is 0.0943. The number of nitrogens with one attached hydrogen (secondary N) is 1. The lowest BCUT2D eigenvalue weighted by Gasteiger charge is -2.03. The van der Waals surface area contributed by atoms with Crippen molar-refractivity contribution in [2.45, 2.75) is 13.0 Å². The maximum atomic E-state index is 11.2. The minimum Gasteiger partial charge on any atom is -0.337 e. The number of terminal acetylenes is 1. The average Bonchev–Trinajstić information content (AvgIpc) is 2.56. The minimum atomic E-state index is -0.283. The Kier molecular flexibility index (Phi) is 2.77. The Morgan fingerprint density at radius 2 is 2.67 bits per heavy atom. The Hall–Kier alpha value is -1.41. The van der Waals surface area contributed by atoms with E-state index in [1.165, 1.54) is 0 Å². The summed E-state index contributed by atoms with van der Waals surface area (Å²) in [7, 11) is 0. The molecule has 0 aromatic carbocycles. The number of nitrogens with zero attached hydrogens (tertiary/aromatic N) is 2. The van der Waals surface area contributed by atoms with Crippen molar-refractivity contribution in [3.63, 3.8) is 0 Å². The quantitative estimate of drug-likeness (QED) is 0.667. The molecule has 0 aliphatic heterocycles. The molecule has 62 valence electrons. The highest BCUT2D eigenvalue weighted by Crippen LogP contribution is 1.96. The third-order valence-electron chi connectivity index (χ3n) is 1.19. The van der Waals surface area contributed by atoms with Crippen molar-refractivity contribution in [3.8, 4) is 12.3 Å². The van der Waals surface area contributed by atoms with E-state index >= 15 is 0 Å². The van der Waals surface area contributed by atoms with E-state index in [0.717, 1.165) is 11.5 Å². The van der Waals surface area contributed by atoms with Crippen LogP contribution in [0.1, 0.15) is 17.4 Å². The summed E-state index contributed by atoms with van der Waals surface area (Å²) in [5.41, 5.74) is 0.308. The van der Waals surface area contributed by atoms with E-state index < -0.39 is 0 Å². The molecule has 12 heavy (non-hydrogen) atoms. The van der Waals surface area contributed by atoms with Gasteiger partial charge in [0.15, 0.2) is 5.69 Å². The molecule has 5 heteroatoms. The Morgan fingerprint density at radius 3 is 3.17 bits per heavy atom. The highest BCUT2D eigenvalue weighted by atomic mass is 32.1. The van der Waals surface area contributed by atoms with Crippen molar-refractivity contribution in [1.29, 1.82) is 0 Å². The van der Waals surface area contributed by atoms with Gasteiger partial charge in [-0.05, 0) is 18.5 Å². The van der Waals surface area contributed by atoms with Crippen molar-refractivity contribution >= 4 is 17.4 Å². The molecule has 1 unspecified atom stereocenters. The second-order valence-electron chi connectivity index (χ2n) is 2.15. The van der Waals surface area contributed by atoms with Crippen molar-refractivity contribution in [1.82, 2.24) is 14.9 Å². The molecule has 0 radical (unpaired) electrons. The first kappa shape index (κ1) is 8.68. The minimum absolute atomic E-state index is 0.279. The molecule has 1 N–H and O–H groups in total. The predicted octanol–water partition coefficient (Wildman–Crippen LogP) is 0.290. The molecule has 0 bridgehead atoms. The molecule has 0 aliphatic carbocycles. The molecule has 0 spiro atoms. The number of hydrogen-bond donors (Lipinski definition) is 1. The van der Waals surface area contributed by atoms with Crippen molar-refractivity contribution < 1.29 is 4.79 Å². The van der Waals surface area contributed by atoms with Crippen molar-refractivity contribution in [3.05, 3.63) is 11.1 Å². The van der Waals surface area contributed by atoms with Crippen LogP contribution in [0.15, 0.2) is 5.38 Å². The van der Waals surface area contributed by atoms with Crippen LogP contribution >= 0.6 is 11.5 Å². The molecule has 1 aromatic heterocycles. The van der Waals surface area contributed by atoms with Crippen molar-refractivity contribution in [2.75, 3.05) is 0 Å². The third kappa shape index (κ3) is 2.04. The summed E-state index contributed by atoms with van der Waals surface area (Å²) in [6.45, 7) is 1.72. The zero-order chi connectivity index (χ0) is 8.97. The van der Waals surface area contributed by atoms with Gasteiger partial charge in [0.25, 0.3) is 5.91 Å². The lowest BCUT2D eigenvalue weighted by atomic mass is 10.3. The van der Waals surface area contributed by atoms with Gasteiger partial charge in [0.2, 0.25) is 0 Å². The Bertz CT molecular complexity index is 301. The van der Waals surface area contributed by atoms with E-state index in [4.69, 9.17) is 6.42 Å². The molecule has 1 atom stereocenters. The first-order chi connectivity index (χ1) is 5.74. The molecule has 0 saturated heterocycles. The van der Waals surface area contributed by atoms with Crippen LogP contribution in [0.25, 0.3) is 0 Å². The summed E-state index contributed by atoms with van der Waals surface area (Å²) in [5, 5.41) is 7.72. The number of aromatic nitrogens is 2. The van der Waals surface area contributed by atoms with Gasteiger partial charge < -0.3 is 5.32 Å². The third-order valence-corrected chi connectivity index (χ3v) is 1.69. The zero-order valence-corrected chi connectivity index (χ0v) is 7.26. The summed E-state index contributed by atoms with van der Waals surface area (Å²) in [5.74, 6) is 2.10. The van der Waals surface area contributed by atoms with E-state index in [1.54, 1.807) is 12.3 Å². The van der Waals surface area contributed by atoms with Gasteiger partial charge in [0.05, 0.1) is 6.04 Å². The van der Waals surface area contributed by atoms with Crippen LogP contribution < -0.4 is 5.32 Å². The summed E-state index contributed by atoms with van der Waals surface area (Å²) < 4.78 is 3.56. The Balaban J connectivity index is 2.57. The van der Waals surface area contributed by atoms with Crippen LogP contribution in [0.5, 0.6) is 0 Å². The monoisotopic (exact) mass is 181 g/mol. The van der Waals surface area contributed by atoms with Gasteiger partial charge in [-0.15, -0.1) is 11.5 Å². The second-order valence-corrected chi connectivity index (χ2v) is 2.76. The van der Waals surface area contributed by atoms with E-state index in [0.29, 0.717) is 5.69 Å². The standard InChI is InChI=1S/C7H7N3OS/c1-3-5(2)8-7(11)6-4-12-10-9-6/h1,4-5H,2H3,(H,8,11). The number of hydrogen-bond acceptors (Lipinski definition) is 4. The molecule has 0 saturated carbocycles. The number of carbonyl (C=O) groups is 1. The molecular formula is C7H7N3OS. The summed E-state index contributed by atoms with van der Waals surface area (Å²) in [4.78, 5) is 11.2. The van der Waals surface area contributed by atoms with Crippen molar-refractivity contribution in [2.24, 2.45) is 0 Å². The fourth-order valence-corrected chi connectivity index (χ4v) is 1.01. The summed E-state index contributed by atoms with van der Waals surface area (Å²) in [6.07, 6.45) is 5.08. The Labute approximate surface area is 74.2 Å². The molecule has 1 amide bonds. The topological polar surface area (TPSA) is 54.9 Å². The van der Waals surface area contributed by atoms with Crippen LogP contribution in [0.2, 0.25) is 0 Å². The van der Waals surface area contributed by atoms with Gasteiger partial charge in [-0.3, -0.25) is 4.79 Å². The molecule has 1 aromatic rings. The molecule has 4 nitrogen and oxygen atoms in total. The van der Waals surface area contributed by atoms with Gasteiger partial charge in [0.1, 0.15) is 0 Å². The van der Waals surface area contributed by atoms with E-state index in [2.05, 4.69) is 20.8 Å². The fourth-order valence-electron chi connectivity index (χ4n) is 0.576. The first-order valence-corrected chi connectivity index (χ1v) is 4.11. The number of rotatable bonds is 2. The SMILES string of the molecule is C#CC(C)NC(=O)c1csnn1. The highest BCUT2D eigenvalue weighted by molar-refractivity contribution is 7.03. The second kappa shape index (κ2) is 3.83. The predicted molar refractivity (Wildman–Crippen MR) is 45.7 cm³/mol. The van der Waals surface area contributed by atoms with Crippen LogP contribution in [-0.2, 0) is 0 Å². The molecule has 0 fully saturated rings. The molecular weight excluding hydrogens is 174 g/mol. The van der Waals surface area contributed by atoms with Gasteiger partial charge >= 0.3 is 0 Å². The van der Waals surface area contributed by atoms with Gasteiger partial charge in [-0.25, -0.2) is 0 Å². The highest BCUT2D eigenvalue weighted by Gasteiger charge is 2.09. The maximum absolute atomic E-state index is 11.2. The largest absolute Gasteiger partial charge is 0.337 e. The normalized spacial score (nSPS) is 11.7. The average molecular weight is 181 g/mol. The maximum Gasteiger partial charge on any atom is 0.273 e. The molecule has 0 aliphatic rings. The van der Waals surface area contributed by atoms with Gasteiger partial charge in [-0.2, -0.15) is 0 Å². The van der Waals surface area contributed by atoms with E-state index in [1.807, 2.05) is 0 Å². The van der Waals surface area contributed by atoms with Crippen LogP contribution in [0.4, 0.5) is 0 Å². The zero-order valence-electron chi connectivity index (χ0n) is 6.44. The molecule has 1 heterocycles. The summed E-state index contributed by atoms with van der Waals surface area (Å²) >= 11 is 1.13. The Morgan fingerprint density at radius 1 is 1.92 bits per heavy atom. The van der Waals surface area contributed by atoms with Crippen LogP contribution in [0, 0.1) is 12.3 Å². The van der Waals surface area contributed by atoms with Gasteiger partial charge in [-0.1, -0.05) is 10.4 Å². The number of amides is 1. The van der Waals surface area contributed by atoms with Gasteiger partial charge in [0, 0.05) is 5.38 Å². The van der Waals surface area contributed by atoms with E-state index in [-0.39, 0.29) is 11.9 Å². The smallest absolute Gasteiger partial charge is 0.273 e. The molecule has 1 rings (SSSR count). The van der Waals surface area contributed by atoms with E-state index in [9.17, 15) is 4.79 Å². The van der Waals surface area contributed by atoms with Crippen LogP contribution in [0.3, 0.4) is 0 Å². The lowest BCUT2D eigenvalue weighted by Crippen LogP contribution is -2.31.